The number of nitrogens with zero attached hydrogens (tertiary/aromatic N) is 2. The van der Waals surface area contributed by atoms with Crippen LogP contribution in [0.4, 0.5) is 10.1 Å². The first kappa shape index (κ1) is 23.2. The van der Waals surface area contributed by atoms with Gasteiger partial charge in [-0.3, -0.25) is 4.79 Å². The molecule has 2 aromatic rings. The molecule has 0 radical (unpaired) electrons. The Morgan fingerprint density at radius 2 is 2.00 bits per heavy atom. The van der Waals surface area contributed by atoms with Gasteiger partial charge in [-0.25, -0.2) is 17.7 Å². The number of benzene rings is 2. The molecule has 0 aromatic heterocycles. The molecule has 8 nitrogen and oxygen atoms in total. The average Bonchev–Trinajstić information content (AvgIpc) is 2.68. The molecule has 1 heterocycles. The smallest absolute Gasteiger partial charge is 0.246 e. The van der Waals surface area contributed by atoms with Crippen molar-refractivity contribution in [2.24, 2.45) is 0 Å². The van der Waals surface area contributed by atoms with Crippen molar-refractivity contribution < 1.29 is 27.4 Å². The SMILES string of the molecule is [C-]#[N+]c1ccc(OCC2(NC(=O)CO)CN(S(=O)(=O)c3ccc(Cl)cc3Cl)C2)cc1F. The van der Waals surface area contributed by atoms with E-state index in [1.807, 2.05) is 0 Å². The molecule has 1 fully saturated rings. The van der Waals surface area contributed by atoms with Gasteiger partial charge in [-0.05, 0) is 30.3 Å². The van der Waals surface area contributed by atoms with Crippen LogP contribution in [0.25, 0.3) is 4.85 Å². The molecule has 0 unspecified atom stereocenters. The number of carbonyl (C=O) groups excluding carboxylic acids is 1. The molecule has 3 rings (SSSR count). The number of amides is 1. The normalized spacial score (nSPS) is 15.6. The minimum atomic E-state index is -3.98. The van der Waals surface area contributed by atoms with E-state index in [1.165, 1.54) is 30.3 Å². The van der Waals surface area contributed by atoms with Gasteiger partial charge in [0.1, 0.15) is 35.2 Å². The zero-order valence-electron chi connectivity index (χ0n) is 15.8. The first-order valence-corrected chi connectivity index (χ1v) is 11.0. The summed E-state index contributed by atoms with van der Waals surface area (Å²) in [4.78, 5) is 14.7. The van der Waals surface area contributed by atoms with Crippen molar-refractivity contribution in [1.82, 2.24) is 9.62 Å². The van der Waals surface area contributed by atoms with Gasteiger partial charge < -0.3 is 15.2 Å². The molecule has 1 aliphatic rings. The molecule has 2 aromatic carbocycles. The number of carbonyl (C=O) groups is 1. The largest absolute Gasteiger partial charge is 0.491 e. The number of aliphatic hydroxyl groups excluding tert-OH is 1. The molecule has 1 aliphatic heterocycles. The van der Waals surface area contributed by atoms with Crippen molar-refractivity contribution in [3.05, 3.63) is 63.7 Å². The minimum Gasteiger partial charge on any atom is -0.491 e. The topological polar surface area (TPSA) is 100 Å². The molecule has 12 heteroatoms. The van der Waals surface area contributed by atoms with Crippen LogP contribution in [0, 0.1) is 12.4 Å². The van der Waals surface area contributed by atoms with Crippen molar-refractivity contribution in [3.8, 4) is 5.75 Å². The second-order valence-corrected chi connectivity index (χ2v) is 9.60. The lowest BCUT2D eigenvalue weighted by atomic mass is 9.93. The number of ether oxygens (including phenoxy) is 1. The average molecular weight is 488 g/mol. The fraction of sp³-hybridized carbons (Fsp3) is 0.263. The van der Waals surface area contributed by atoms with Gasteiger partial charge >= 0.3 is 0 Å². The van der Waals surface area contributed by atoms with Crippen LogP contribution in [-0.2, 0) is 14.8 Å². The molecular weight excluding hydrogens is 472 g/mol. The molecule has 31 heavy (non-hydrogen) atoms. The van der Waals surface area contributed by atoms with E-state index in [2.05, 4.69) is 10.2 Å². The van der Waals surface area contributed by atoms with E-state index in [1.54, 1.807) is 0 Å². The zero-order chi connectivity index (χ0) is 22.8. The maximum atomic E-state index is 13.8. The van der Waals surface area contributed by atoms with Crippen molar-refractivity contribution >= 4 is 44.8 Å². The summed E-state index contributed by atoms with van der Waals surface area (Å²) in [5, 5.41) is 11.9. The predicted molar refractivity (Wildman–Crippen MR) is 111 cm³/mol. The highest BCUT2D eigenvalue weighted by Gasteiger charge is 2.50. The summed E-state index contributed by atoms with van der Waals surface area (Å²) in [6.45, 7) is 5.54. The van der Waals surface area contributed by atoms with Crippen LogP contribution in [0.5, 0.6) is 5.75 Å². The summed E-state index contributed by atoms with van der Waals surface area (Å²) >= 11 is 11.8. The summed E-state index contributed by atoms with van der Waals surface area (Å²) in [6, 6.07) is 7.64. The third kappa shape index (κ3) is 4.92. The predicted octanol–water partition coefficient (Wildman–Crippen LogP) is 2.61. The molecule has 1 saturated heterocycles. The second kappa shape index (κ2) is 8.98. The van der Waals surface area contributed by atoms with Crippen LogP contribution in [0.2, 0.25) is 10.0 Å². The van der Waals surface area contributed by atoms with Crippen molar-refractivity contribution in [1.29, 1.82) is 0 Å². The van der Waals surface area contributed by atoms with Crippen LogP contribution in [0.1, 0.15) is 0 Å². The quantitative estimate of drug-likeness (QED) is 0.584. The molecule has 0 aliphatic carbocycles. The Labute approximate surface area is 188 Å². The fourth-order valence-corrected chi connectivity index (χ4v) is 5.41. The number of sulfonamides is 1. The van der Waals surface area contributed by atoms with Crippen LogP contribution < -0.4 is 10.1 Å². The summed E-state index contributed by atoms with van der Waals surface area (Å²) in [5.41, 5.74) is -1.32. The molecule has 0 saturated carbocycles. The van der Waals surface area contributed by atoms with Crippen molar-refractivity contribution in [3.63, 3.8) is 0 Å². The fourth-order valence-electron chi connectivity index (χ4n) is 3.05. The summed E-state index contributed by atoms with van der Waals surface area (Å²) < 4.78 is 46.2. The van der Waals surface area contributed by atoms with Gasteiger partial charge in [-0.15, -0.1) is 0 Å². The molecule has 1 amide bonds. The number of hydrogen-bond acceptors (Lipinski definition) is 5. The summed E-state index contributed by atoms with van der Waals surface area (Å²) in [6.07, 6.45) is 0. The monoisotopic (exact) mass is 487 g/mol. The number of nitrogens with one attached hydrogen (secondary N) is 1. The lowest BCUT2D eigenvalue weighted by Gasteiger charge is -2.48. The Bertz CT molecular complexity index is 1160. The zero-order valence-corrected chi connectivity index (χ0v) is 18.1. The summed E-state index contributed by atoms with van der Waals surface area (Å²) in [5.74, 6) is -1.39. The second-order valence-electron chi connectivity index (χ2n) is 6.85. The number of aliphatic hydroxyl groups is 1. The molecule has 164 valence electrons. The Hall–Kier alpha value is -2.42. The molecule has 2 N–H and O–H groups in total. The van der Waals surface area contributed by atoms with Gasteiger partial charge in [0, 0.05) is 24.2 Å². The maximum Gasteiger partial charge on any atom is 0.246 e. The van der Waals surface area contributed by atoms with E-state index in [-0.39, 0.29) is 46.1 Å². The van der Waals surface area contributed by atoms with E-state index < -0.39 is 33.9 Å². The van der Waals surface area contributed by atoms with E-state index in [4.69, 9.17) is 39.6 Å². The van der Waals surface area contributed by atoms with Gasteiger partial charge in [0.2, 0.25) is 21.6 Å². The van der Waals surface area contributed by atoms with Crippen molar-refractivity contribution in [2.75, 3.05) is 26.3 Å². The van der Waals surface area contributed by atoms with Gasteiger partial charge in [-0.2, -0.15) is 4.31 Å². The third-order valence-corrected chi connectivity index (χ3v) is 7.08. The van der Waals surface area contributed by atoms with Gasteiger partial charge in [0.25, 0.3) is 0 Å². The lowest BCUT2D eigenvalue weighted by Crippen LogP contribution is -2.73. The van der Waals surface area contributed by atoms with Gasteiger partial charge in [0.05, 0.1) is 11.6 Å². The van der Waals surface area contributed by atoms with E-state index in [0.717, 1.165) is 10.4 Å². The maximum absolute atomic E-state index is 13.8. The molecule has 0 bridgehead atoms. The minimum absolute atomic E-state index is 0.0454. The number of halogens is 3. The molecule has 0 atom stereocenters. The Balaban J connectivity index is 1.78. The van der Waals surface area contributed by atoms with E-state index in [0.29, 0.717) is 0 Å². The lowest BCUT2D eigenvalue weighted by molar-refractivity contribution is -0.128. The van der Waals surface area contributed by atoms with E-state index >= 15 is 0 Å². The van der Waals surface area contributed by atoms with Crippen molar-refractivity contribution in [2.45, 2.75) is 10.4 Å². The van der Waals surface area contributed by atoms with Crippen LogP contribution in [-0.4, -0.2) is 55.6 Å². The Morgan fingerprint density at radius 3 is 2.58 bits per heavy atom. The first-order chi connectivity index (χ1) is 14.6. The number of rotatable bonds is 7. The third-order valence-electron chi connectivity index (χ3n) is 4.57. The van der Waals surface area contributed by atoms with E-state index in [9.17, 15) is 17.6 Å². The van der Waals surface area contributed by atoms with Crippen LogP contribution in [0.15, 0.2) is 41.3 Å². The standard InChI is InChI=1S/C19H16Cl2FN3O5S/c1-23-16-4-3-13(7-15(16)22)30-11-19(24-18(27)8-26)9-25(10-19)31(28,29)17-5-2-12(20)6-14(17)21/h2-7,26H,8-11H2,(H,24,27). The molecule has 0 spiro atoms. The number of hydrogen-bond donors (Lipinski definition) is 2. The van der Waals surface area contributed by atoms with Gasteiger partial charge in [0.15, 0.2) is 0 Å². The Morgan fingerprint density at radius 1 is 1.29 bits per heavy atom. The highest BCUT2D eigenvalue weighted by molar-refractivity contribution is 7.89. The summed E-state index contributed by atoms with van der Waals surface area (Å²) in [7, 11) is -3.98. The highest BCUT2D eigenvalue weighted by Crippen LogP contribution is 2.33. The molecular formula is C19H16Cl2FN3O5S. The van der Waals surface area contributed by atoms with Gasteiger partial charge in [-0.1, -0.05) is 23.2 Å². The highest BCUT2D eigenvalue weighted by atomic mass is 35.5. The van der Waals surface area contributed by atoms with Crippen LogP contribution in [0.3, 0.4) is 0 Å². The van der Waals surface area contributed by atoms with Crippen LogP contribution >= 0.6 is 23.2 Å². The Kier molecular flexibility index (Phi) is 6.73. The first-order valence-electron chi connectivity index (χ1n) is 8.77.